The zero-order valence-electron chi connectivity index (χ0n) is 12.9. The topological polar surface area (TPSA) is 46.6 Å². The third-order valence-corrected chi connectivity index (χ3v) is 4.58. The predicted molar refractivity (Wildman–Crippen MR) is 85.8 cm³/mol. The van der Waals surface area contributed by atoms with Gasteiger partial charge in [0.25, 0.3) is 0 Å². The van der Waals surface area contributed by atoms with Crippen LogP contribution >= 0.6 is 11.8 Å². The van der Waals surface area contributed by atoms with E-state index < -0.39 is 0 Å². The van der Waals surface area contributed by atoms with E-state index in [9.17, 15) is 14.0 Å². The van der Waals surface area contributed by atoms with Gasteiger partial charge in [0.1, 0.15) is 5.82 Å². The maximum atomic E-state index is 13.5. The van der Waals surface area contributed by atoms with Crippen molar-refractivity contribution in [2.45, 2.75) is 26.2 Å². The fraction of sp³-hybridized carbons (Fsp3) is 0.500. The minimum absolute atomic E-state index is 0.0213. The molecule has 0 unspecified atom stereocenters. The minimum atomic E-state index is -0.285. The normalized spacial score (nSPS) is 13.7. The van der Waals surface area contributed by atoms with Crippen molar-refractivity contribution in [2.24, 2.45) is 0 Å². The first kappa shape index (κ1) is 16.8. The van der Waals surface area contributed by atoms with Gasteiger partial charge in [-0.3, -0.25) is 9.59 Å². The number of hydrogen-bond acceptors (Lipinski definition) is 4. The molecule has 0 saturated carbocycles. The average Bonchev–Trinajstić information content (AvgIpc) is 2.50. The molecule has 0 bridgehead atoms. The number of halogens is 1. The van der Waals surface area contributed by atoms with Crippen LogP contribution in [0.4, 0.5) is 10.1 Å². The van der Waals surface area contributed by atoms with Crippen molar-refractivity contribution in [3.63, 3.8) is 0 Å². The quantitative estimate of drug-likeness (QED) is 0.617. The van der Waals surface area contributed by atoms with Gasteiger partial charge in [-0.25, -0.2) is 4.39 Å². The molecule has 0 radical (unpaired) electrons. The second-order valence-electron chi connectivity index (χ2n) is 5.26. The average molecular weight is 325 g/mol. The number of methoxy groups -OCH3 is 1. The minimum Gasteiger partial charge on any atom is -0.468 e. The highest BCUT2D eigenvalue weighted by Crippen LogP contribution is 2.32. The summed E-state index contributed by atoms with van der Waals surface area (Å²) in [5, 5.41) is 0. The van der Waals surface area contributed by atoms with Crippen molar-refractivity contribution in [1.29, 1.82) is 0 Å². The van der Waals surface area contributed by atoms with Gasteiger partial charge in [-0.1, -0.05) is 0 Å². The molecular weight excluding hydrogens is 305 g/mol. The molecule has 2 rings (SSSR count). The number of nitrogens with zero attached hydrogens (tertiary/aromatic N) is 1. The van der Waals surface area contributed by atoms with Gasteiger partial charge in [-0.2, -0.15) is 0 Å². The van der Waals surface area contributed by atoms with E-state index in [1.165, 1.54) is 31.0 Å². The molecule has 0 atom stereocenters. The molecule has 0 saturated heterocycles. The van der Waals surface area contributed by atoms with Crippen LogP contribution in [0.2, 0.25) is 0 Å². The van der Waals surface area contributed by atoms with Crippen molar-refractivity contribution in [1.82, 2.24) is 0 Å². The summed E-state index contributed by atoms with van der Waals surface area (Å²) >= 11 is 1.38. The highest BCUT2D eigenvalue weighted by Gasteiger charge is 2.24. The number of benzene rings is 1. The zero-order valence-corrected chi connectivity index (χ0v) is 13.7. The second kappa shape index (κ2) is 7.63. The van der Waals surface area contributed by atoms with Gasteiger partial charge in [0.05, 0.1) is 12.9 Å². The standard InChI is InChI=1S/C16H20FNO3S/c1-11-8-13(17)9-12-4-3-6-18(16(11)12)14(19)5-7-22-10-15(20)21-2/h8-9H,3-7,10H2,1-2H3. The SMILES string of the molecule is COC(=O)CSCCC(=O)N1CCCc2cc(F)cc(C)c21. The Morgan fingerprint density at radius 3 is 2.91 bits per heavy atom. The van der Waals surface area contributed by atoms with Crippen LogP contribution in [0, 0.1) is 12.7 Å². The van der Waals surface area contributed by atoms with E-state index in [4.69, 9.17) is 0 Å². The third-order valence-electron chi connectivity index (χ3n) is 3.65. The van der Waals surface area contributed by atoms with Crippen molar-refractivity contribution in [3.05, 3.63) is 29.1 Å². The van der Waals surface area contributed by atoms with Crippen LogP contribution in [0.1, 0.15) is 24.0 Å². The third kappa shape index (κ3) is 4.00. The van der Waals surface area contributed by atoms with Crippen molar-refractivity contribution < 1.29 is 18.7 Å². The van der Waals surface area contributed by atoms with E-state index in [2.05, 4.69) is 4.74 Å². The van der Waals surface area contributed by atoms with Crippen LogP contribution in [0.5, 0.6) is 0 Å². The number of fused-ring (bicyclic) bond motifs is 1. The Morgan fingerprint density at radius 2 is 2.18 bits per heavy atom. The Kier molecular flexibility index (Phi) is 5.83. The van der Waals surface area contributed by atoms with E-state index in [1.807, 2.05) is 6.92 Å². The Bertz CT molecular complexity index is 577. The van der Waals surface area contributed by atoms with Crippen molar-refractivity contribution >= 4 is 29.3 Å². The Morgan fingerprint density at radius 1 is 1.41 bits per heavy atom. The summed E-state index contributed by atoms with van der Waals surface area (Å²) in [7, 11) is 1.35. The lowest BCUT2D eigenvalue weighted by Crippen LogP contribution is -2.36. The summed E-state index contributed by atoms with van der Waals surface area (Å²) in [5.41, 5.74) is 2.56. The molecule has 1 aromatic rings. The number of hydrogen-bond donors (Lipinski definition) is 0. The first-order chi connectivity index (χ1) is 10.5. The number of anilines is 1. The van der Waals surface area contributed by atoms with Gasteiger partial charge in [0.2, 0.25) is 5.91 Å². The number of rotatable bonds is 5. The molecule has 22 heavy (non-hydrogen) atoms. The molecule has 120 valence electrons. The van der Waals surface area contributed by atoms with Crippen molar-refractivity contribution in [3.8, 4) is 0 Å². The van der Waals surface area contributed by atoms with Crippen LogP contribution in [-0.2, 0) is 20.7 Å². The molecule has 0 aliphatic carbocycles. The molecule has 1 aliphatic heterocycles. The van der Waals surface area contributed by atoms with E-state index in [-0.39, 0.29) is 23.4 Å². The summed E-state index contributed by atoms with van der Waals surface area (Å²) in [5.74, 6) is 0.309. The van der Waals surface area contributed by atoms with Crippen LogP contribution in [0.15, 0.2) is 12.1 Å². The number of aryl methyl sites for hydroxylation is 2. The molecule has 4 nitrogen and oxygen atoms in total. The number of ether oxygens (including phenoxy) is 1. The van der Waals surface area contributed by atoms with Crippen molar-refractivity contribution in [2.75, 3.05) is 30.1 Å². The number of thioether (sulfide) groups is 1. The Hall–Kier alpha value is -1.56. The molecule has 1 aliphatic rings. The smallest absolute Gasteiger partial charge is 0.315 e. The van der Waals surface area contributed by atoms with E-state index in [1.54, 1.807) is 4.90 Å². The number of carbonyl (C=O) groups is 2. The lowest BCUT2D eigenvalue weighted by Gasteiger charge is -2.31. The van der Waals surface area contributed by atoms with Crippen LogP contribution < -0.4 is 4.90 Å². The summed E-state index contributed by atoms with van der Waals surface area (Å²) in [6, 6.07) is 2.99. The van der Waals surface area contributed by atoms with Gasteiger partial charge >= 0.3 is 5.97 Å². The molecule has 1 heterocycles. The summed E-state index contributed by atoms with van der Waals surface area (Å²) < 4.78 is 18.0. The predicted octanol–water partition coefficient (Wildman–Crippen LogP) is 2.71. The lowest BCUT2D eigenvalue weighted by atomic mass is 9.97. The highest BCUT2D eigenvalue weighted by atomic mass is 32.2. The first-order valence-corrected chi connectivity index (χ1v) is 8.42. The molecular formula is C16H20FNO3S. The number of amides is 1. The summed E-state index contributed by atoms with van der Waals surface area (Å²) in [4.78, 5) is 25.2. The van der Waals surface area contributed by atoms with E-state index >= 15 is 0 Å². The molecule has 0 fully saturated rings. The fourth-order valence-electron chi connectivity index (χ4n) is 2.68. The van der Waals surface area contributed by atoms with E-state index in [0.717, 1.165) is 29.7 Å². The molecule has 0 N–H and O–H groups in total. The lowest BCUT2D eigenvalue weighted by molar-refractivity contribution is -0.137. The maximum Gasteiger partial charge on any atom is 0.315 e. The van der Waals surface area contributed by atoms with Gasteiger partial charge in [0.15, 0.2) is 0 Å². The van der Waals surface area contributed by atoms with Crippen LogP contribution in [0.3, 0.4) is 0 Å². The van der Waals surface area contributed by atoms with Gasteiger partial charge in [-0.15, -0.1) is 11.8 Å². The number of carbonyl (C=O) groups excluding carboxylic acids is 2. The molecule has 1 aromatic carbocycles. The van der Waals surface area contributed by atoms with Gasteiger partial charge in [0, 0.05) is 24.4 Å². The molecule has 1 amide bonds. The summed E-state index contributed by atoms with van der Waals surface area (Å²) in [6.45, 7) is 2.50. The Balaban J connectivity index is 1.99. The zero-order chi connectivity index (χ0) is 16.1. The van der Waals surface area contributed by atoms with Gasteiger partial charge in [-0.05, 0) is 43.0 Å². The Labute approximate surface area is 134 Å². The van der Waals surface area contributed by atoms with E-state index in [0.29, 0.717) is 18.7 Å². The van der Waals surface area contributed by atoms with Crippen LogP contribution in [-0.4, -0.2) is 37.0 Å². The molecule has 0 aromatic heterocycles. The fourth-order valence-corrected chi connectivity index (χ4v) is 3.43. The monoisotopic (exact) mass is 325 g/mol. The summed E-state index contributed by atoms with van der Waals surface area (Å²) in [6.07, 6.45) is 2.00. The number of esters is 1. The van der Waals surface area contributed by atoms with Crippen LogP contribution in [0.25, 0.3) is 0 Å². The second-order valence-corrected chi connectivity index (χ2v) is 6.36. The highest BCUT2D eigenvalue weighted by molar-refractivity contribution is 7.99. The first-order valence-electron chi connectivity index (χ1n) is 7.27. The largest absolute Gasteiger partial charge is 0.468 e. The van der Waals surface area contributed by atoms with Gasteiger partial charge < -0.3 is 9.64 Å². The molecule has 0 spiro atoms. The maximum absolute atomic E-state index is 13.5. The molecule has 6 heteroatoms.